The van der Waals surface area contributed by atoms with E-state index in [2.05, 4.69) is 0 Å². The molecule has 1 atom stereocenters. The van der Waals surface area contributed by atoms with Crippen LogP contribution in [0, 0.1) is 0 Å². The zero-order valence-electron chi connectivity index (χ0n) is 17.0. The van der Waals surface area contributed by atoms with Crippen molar-refractivity contribution < 1.29 is 14.0 Å². The predicted molar refractivity (Wildman–Crippen MR) is 114 cm³/mol. The molecular weight excluding hydrogens is 380 g/mol. The maximum absolute atomic E-state index is 13.9. The normalized spacial score (nSPS) is 19.8. The number of hydrogen-bond acceptors (Lipinski definition) is 4. The lowest BCUT2D eigenvalue weighted by molar-refractivity contribution is -0.126. The summed E-state index contributed by atoms with van der Waals surface area (Å²) in [4.78, 5) is 44.4. The fraction of sp³-hybridized carbons (Fsp3) is 0.292. The van der Waals surface area contributed by atoms with Gasteiger partial charge >= 0.3 is 0 Å². The molecule has 0 saturated carbocycles. The van der Waals surface area contributed by atoms with Crippen LogP contribution in [0.25, 0.3) is 11.0 Å². The molecule has 0 N–H and O–H groups in total. The number of rotatable bonds is 4. The summed E-state index contributed by atoms with van der Waals surface area (Å²) in [5.74, 6) is -0.685. The summed E-state index contributed by atoms with van der Waals surface area (Å²) in [5, 5.41) is 0.376. The lowest BCUT2D eigenvalue weighted by atomic mass is 9.84. The van der Waals surface area contributed by atoms with E-state index in [9.17, 15) is 14.4 Å². The van der Waals surface area contributed by atoms with Crippen molar-refractivity contribution >= 4 is 28.5 Å². The summed E-state index contributed by atoms with van der Waals surface area (Å²) in [5.41, 5.74) is 0.116. The van der Waals surface area contributed by atoms with Gasteiger partial charge in [-0.3, -0.25) is 14.4 Å². The number of hydrogen-bond donors (Lipinski definition) is 0. The molecule has 0 aliphatic carbocycles. The Morgan fingerprint density at radius 3 is 2.47 bits per heavy atom. The van der Waals surface area contributed by atoms with Gasteiger partial charge in [0, 0.05) is 18.7 Å². The third-order valence-electron chi connectivity index (χ3n) is 6.19. The van der Waals surface area contributed by atoms with Gasteiger partial charge in [0.25, 0.3) is 11.8 Å². The number of benzene rings is 2. The predicted octanol–water partition coefficient (Wildman–Crippen LogP) is 3.66. The maximum atomic E-state index is 13.9. The van der Waals surface area contributed by atoms with Crippen LogP contribution in [-0.4, -0.2) is 29.8 Å². The molecule has 0 radical (unpaired) electrons. The highest BCUT2D eigenvalue weighted by Gasteiger charge is 2.64. The average Bonchev–Trinajstić information content (AvgIpc) is 3.16. The maximum Gasteiger partial charge on any atom is 0.291 e. The quantitative estimate of drug-likeness (QED) is 0.668. The molecule has 0 fully saturated rings. The Bertz CT molecular complexity index is 1260. The van der Waals surface area contributed by atoms with E-state index in [1.165, 1.54) is 0 Å². The van der Waals surface area contributed by atoms with Crippen LogP contribution in [0.3, 0.4) is 0 Å². The van der Waals surface area contributed by atoms with Crippen LogP contribution in [0.2, 0.25) is 0 Å². The van der Waals surface area contributed by atoms with E-state index in [4.69, 9.17) is 4.42 Å². The van der Waals surface area contributed by atoms with Crippen molar-refractivity contribution in [1.29, 1.82) is 0 Å². The molecule has 0 bridgehead atoms. The Labute approximate surface area is 173 Å². The van der Waals surface area contributed by atoms with Crippen molar-refractivity contribution in [3.63, 3.8) is 0 Å². The van der Waals surface area contributed by atoms with Crippen molar-refractivity contribution in [1.82, 2.24) is 4.90 Å². The first-order chi connectivity index (χ1) is 14.6. The number of nitrogens with zero attached hydrogens (tertiary/aromatic N) is 2. The summed E-state index contributed by atoms with van der Waals surface area (Å²) in [6.45, 7) is 4.74. The Hall–Kier alpha value is -3.41. The van der Waals surface area contributed by atoms with Crippen molar-refractivity contribution in [2.24, 2.45) is 0 Å². The van der Waals surface area contributed by atoms with Gasteiger partial charge in [0.15, 0.2) is 11.0 Å². The van der Waals surface area contributed by atoms with Gasteiger partial charge in [-0.2, -0.15) is 0 Å². The van der Waals surface area contributed by atoms with E-state index in [0.717, 1.165) is 18.5 Å². The molecular formula is C24H22N2O4. The molecule has 1 aromatic heterocycles. The number of carbonyl (C=O) groups excluding carboxylic acids is 2. The molecule has 2 aliphatic rings. The van der Waals surface area contributed by atoms with E-state index >= 15 is 0 Å². The molecule has 152 valence electrons. The van der Waals surface area contributed by atoms with E-state index in [0.29, 0.717) is 29.6 Å². The van der Waals surface area contributed by atoms with Crippen LogP contribution >= 0.6 is 0 Å². The van der Waals surface area contributed by atoms with E-state index in [1.54, 1.807) is 34.1 Å². The minimum Gasteiger partial charge on any atom is -0.450 e. The lowest BCUT2D eigenvalue weighted by Crippen LogP contribution is -2.53. The third-order valence-corrected chi connectivity index (χ3v) is 6.19. The van der Waals surface area contributed by atoms with Gasteiger partial charge in [-0.05, 0) is 31.5 Å². The molecule has 2 aromatic carbocycles. The Morgan fingerprint density at radius 2 is 1.70 bits per heavy atom. The molecule has 5 rings (SSSR count). The first-order valence-corrected chi connectivity index (χ1v) is 10.4. The zero-order chi connectivity index (χ0) is 21.0. The van der Waals surface area contributed by atoms with Gasteiger partial charge in [0.1, 0.15) is 5.58 Å². The summed E-state index contributed by atoms with van der Waals surface area (Å²) >= 11 is 0. The smallest absolute Gasteiger partial charge is 0.291 e. The standard InChI is InChI=1S/C24H22N2O4/c1-3-5-14-26-22(28)21-19(20(27)15-10-6-9-13-18(15)30-21)24(26)16-11-7-8-12-17(16)25(4-2)23(24)29/h6-13H,3-5,14H2,1-2H3/t24-/m1/s1. The van der Waals surface area contributed by atoms with Crippen LogP contribution in [0.5, 0.6) is 0 Å². The highest BCUT2D eigenvalue weighted by molar-refractivity contribution is 6.17. The highest BCUT2D eigenvalue weighted by atomic mass is 16.3. The second-order valence-electron chi connectivity index (χ2n) is 7.72. The minimum absolute atomic E-state index is 0.0177. The van der Waals surface area contributed by atoms with Gasteiger partial charge in [0.2, 0.25) is 5.76 Å². The molecule has 0 unspecified atom stereocenters. The molecule has 6 heteroatoms. The average molecular weight is 402 g/mol. The van der Waals surface area contributed by atoms with Crippen LogP contribution in [0.4, 0.5) is 5.69 Å². The number of unbranched alkanes of at least 4 members (excludes halogenated alkanes) is 1. The fourth-order valence-corrected chi connectivity index (χ4v) is 4.87. The number of para-hydroxylation sites is 2. The number of fused-ring (bicyclic) bond motifs is 5. The Morgan fingerprint density at radius 1 is 0.967 bits per heavy atom. The molecule has 30 heavy (non-hydrogen) atoms. The number of likely N-dealkylation sites (N-methyl/N-ethyl adjacent to an activating group) is 1. The van der Waals surface area contributed by atoms with Gasteiger partial charge in [-0.1, -0.05) is 43.7 Å². The van der Waals surface area contributed by atoms with Crippen molar-refractivity contribution in [2.75, 3.05) is 18.0 Å². The lowest BCUT2D eigenvalue weighted by Gasteiger charge is -2.34. The minimum atomic E-state index is -1.47. The van der Waals surface area contributed by atoms with Crippen molar-refractivity contribution in [3.8, 4) is 0 Å². The Kier molecular flexibility index (Phi) is 4.07. The Balaban J connectivity index is 1.92. The second kappa shape index (κ2) is 6.55. The summed E-state index contributed by atoms with van der Waals surface area (Å²) in [6, 6.07) is 14.3. The summed E-state index contributed by atoms with van der Waals surface area (Å²) in [6.07, 6.45) is 1.57. The number of carbonyl (C=O) groups is 2. The van der Waals surface area contributed by atoms with Gasteiger partial charge < -0.3 is 14.2 Å². The molecule has 2 aliphatic heterocycles. The van der Waals surface area contributed by atoms with E-state index in [-0.39, 0.29) is 22.7 Å². The largest absolute Gasteiger partial charge is 0.450 e. The molecule has 3 heterocycles. The second-order valence-corrected chi connectivity index (χ2v) is 7.72. The molecule has 3 aromatic rings. The molecule has 0 saturated heterocycles. The first kappa shape index (κ1) is 18.6. The number of amides is 2. The molecule has 1 spiro atoms. The van der Waals surface area contributed by atoms with Crippen LogP contribution in [0.1, 0.15) is 48.4 Å². The van der Waals surface area contributed by atoms with E-state index in [1.807, 2.05) is 38.1 Å². The van der Waals surface area contributed by atoms with Gasteiger partial charge in [-0.15, -0.1) is 0 Å². The molecule has 2 amide bonds. The molecule has 6 nitrogen and oxygen atoms in total. The van der Waals surface area contributed by atoms with Gasteiger partial charge in [0.05, 0.1) is 16.6 Å². The topological polar surface area (TPSA) is 70.8 Å². The zero-order valence-corrected chi connectivity index (χ0v) is 17.0. The van der Waals surface area contributed by atoms with Crippen LogP contribution in [-0.2, 0) is 10.3 Å². The third kappa shape index (κ3) is 2.11. The van der Waals surface area contributed by atoms with Crippen molar-refractivity contribution in [3.05, 3.63) is 75.6 Å². The fourth-order valence-electron chi connectivity index (χ4n) is 4.87. The van der Waals surface area contributed by atoms with Crippen LogP contribution < -0.4 is 10.3 Å². The summed E-state index contributed by atoms with van der Waals surface area (Å²) < 4.78 is 5.96. The number of anilines is 1. The monoisotopic (exact) mass is 402 g/mol. The van der Waals surface area contributed by atoms with Crippen LogP contribution in [0.15, 0.2) is 57.7 Å². The van der Waals surface area contributed by atoms with Gasteiger partial charge in [-0.25, -0.2) is 0 Å². The highest BCUT2D eigenvalue weighted by Crippen LogP contribution is 2.52. The SMILES string of the molecule is CCCCN1C(=O)c2oc3ccccc3c(=O)c2[C@]12C(=O)N(CC)c1ccccc12. The van der Waals surface area contributed by atoms with E-state index < -0.39 is 11.4 Å². The van der Waals surface area contributed by atoms with Crippen molar-refractivity contribution in [2.45, 2.75) is 32.2 Å². The first-order valence-electron chi connectivity index (χ1n) is 10.4. The summed E-state index contributed by atoms with van der Waals surface area (Å²) in [7, 11) is 0.